The molecule has 9 nitrogen and oxygen atoms in total. The lowest BCUT2D eigenvalue weighted by atomic mass is 10.2. The number of nitrogens with zero attached hydrogens (tertiary/aromatic N) is 4. The van der Waals surface area contributed by atoms with Crippen molar-refractivity contribution in [2.75, 3.05) is 7.11 Å². The zero-order valence-corrected chi connectivity index (χ0v) is 22.5. The molecule has 0 spiro atoms. The molecule has 15 heteroatoms. The number of hydrogen-bond donors (Lipinski definition) is 2. The topological polar surface area (TPSA) is 161 Å². The van der Waals surface area contributed by atoms with Crippen molar-refractivity contribution in [3.8, 4) is 23.2 Å². The van der Waals surface area contributed by atoms with Crippen LogP contribution in [0.2, 0.25) is 0 Å². The van der Waals surface area contributed by atoms with E-state index in [9.17, 15) is 27.2 Å². The predicted molar refractivity (Wildman–Crippen MR) is 139 cm³/mol. The highest BCUT2D eigenvalue weighted by atomic mass is 32.2. The van der Waals surface area contributed by atoms with Crippen molar-refractivity contribution >= 4 is 29.9 Å². The van der Waals surface area contributed by atoms with E-state index < -0.39 is 40.4 Å². The van der Waals surface area contributed by atoms with E-state index in [-0.39, 0.29) is 20.9 Å². The van der Waals surface area contributed by atoms with Crippen molar-refractivity contribution in [2.45, 2.75) is 18.7 Å². The van der Waals surface area contributed by atoms with Crippen molar-refractivity contribution in [1.82, 2.24) is 9.55 Å². The molecule has 0 aliphatic rings. The normalized spacial score (nSPS) is 9.95. The van der Waals surface area contributed by atoms with Crippen LogP contribution in [-0.2, 0) is 9.53 Å². The van der Waals surface area contributed by atoms with Crippen LogP contribution in [-0.4, -0.2) is 22.6 Å². The Morgan fingerprint density at radius 2 is 1.57 bits per heavy atom. The average Bonchev–Trinajstić information content (AvgIpc) is 2.87. The fourth-order valence-corrected chi connectivity index (χ4v) is 3.38. The smallest absolute Gasteiger partial charge is 0.332 e. The summed E-state index contributed by atoms with van der Waals surface area (Å²) in [4.78, 5) is 24.6. The molecule has 0 amide bonds. The number of rotatable bonds is 3. The number of carbonyl (C=O) groups excluding carboxylic acids is 1. The van der Waals surface area contributed by atoms with E-state index in [4.69, 9.17) is 33.7 Å². The monoisotopic (exact) mass is 590 g/mol. The molecule has 0 radical (unpaired) electrons. The molecule has 0 bridgehead atoms. The first-order valence-corrected chi connectivity index (χ1v) is 11.7. The van der Waals surface area contributed by atoms with Gasteiger partial charge in [0.05, 0.1) is 28.8 Å². The Bertz CT molecular complexity index is 1660. The summed E-state index contributed by atoms with van der Waals surface area (Å²) in [6.45, 7) is 3.24. The summed E-state index contributed by atoms with van der Waals surface area (Å²) in [7, 11) is 1.31. The maximum Gasteiger partial charge on any atom is 0.332 e. The summed E-state index contributed by atoms with van der Waals surface area (Å²) in [6, 6.07) is 7.34. The maximum absolute atomic E-state index is 13.8. The second-order valence-corrected chi connectivity index (χ2v) is 8.52. The number of ether oxygens (including phenoxy) is 1. The standard InChI is InChI=1S/C12H7F2N3OS.C8H2F2N2S.C5H9NO2/c1-6-2-11(18)17(12(19)16-6)10-4-8(13)7(5-15)3-9(10)14;9-6-2-8(13-4-12)7(10)1-5(6)3-11;1-4(6)3-5(7)8-2/h2-4H,1H3,(H,16,19);1-2H;3H,6H2,1-2H3/b;;4-3+. The number of nitrogens with one attached hydrogen (secondary N) is 1. The Balaban J connectivity index is 0.000000331. The summed E-state index contributed by atoms with van der Waals surface area (Å²) in [6.07, 6.45) is 1.22. The molecule has 0 saturated carbocycles. The van der Waals surface area contributed by atoms with Crippen molar-refractivity contribution in [1.29, 1.82) is 15.8 Å². The number of esters is 1. The zero-order chi connectivity index (χ0) is 30.6. The number of nitriles is 3. The number of methoxy groups -OCH3 is 1. The van der Waals surface area contributed by atoms with Crippen LogP contribution in [0.1, 0.15) is 23.7 Å². The highest BCUT2D eigenvalue weighted by Crippen LogP contribution is 2.23. The number of H-pyrrole nitrogens is 1. The van der Waals surface area contributed by atoms with Gasteiger partial charge in [0.2, 0.25) is 0 Å². The van der Waals surface area contributed by atoms with Crippen LogP contribution in [0.5, 0.6) is 0 Å². The third-order valence-electron chi connectivity index (χ3n) is 4.31. The first-order valence-electron chi connectivity index (χ1n) is 10.5. The van der Waals surface area contributed by atoms with E-state index in [1.165, 1.54) is 31.4 Å². The Morgan fingerprint density at radius 1 is 1.02 bits per heavy atom. The number of hydrogen-bond acceptors (Lipinski definition) is 9. The Labute approximate surface area is 234 Å². The third-order valence-corrected chi connectivity index (χ3v) is 5.22. The number of allylic oxidation sites excluding steroid dienone is 1. The molecule has 0 aliphatic heterocycles. The van der Waals surface area contributed by atoms with Crippen LogP contribution in [0.4, 0.5) is 17.6 Å². The Hall–Kier alpha value is -4.91. The minimum Gasteiger partial charge on any atom is -0.466 e. The molecule has 40 heavy (non-hydrogen) atoms. The van der Waals surface area contributed by atoms with Gasteiger partial charge in [-0.15, -0.1) is 0 Å². The molecule has 0 fully saturated rings. The largest absolute Gasteiger partial charge is 0.466 e. The molecular formula is C25H18F4N6O3S2. The average molecular weight is 591 g/mol. The van der Waals surface area contributed by atoms with Crippen molar-refractivity contribution < 1.29 is 27.1 Å². The number of halogens is 4. The van der Waals surface area contributed by atoms with Crippen LogP contribution in [0.3, 0.4) is 0 Å². The van der Waals surface area contributed by atoms with Crippen LogP contribution in [0.25, 0.3) is 5.69 Å². The summed E-state index contributed by atoms with van der Waals surface area (Å²) >= 11 is 5.44. The number of nitrogens with two attached hydrogens (primary N) is 1. The van der Waals surface area contributed by atoms with Crippen molar-refractivity contribution in [3.63, 3.8) is 0 Å². The van der Waals surface area contributed by atoms with Crippen LogP contribution in [0.15, 0.2) is 51.8 Å². The molecular weight excluding hydrogens is 572 g/mol. The number of carbonyl (C=O) groups is 1. The summed E-state index contributed by atoms with van der Waals surface area (Å²) < 4.78 is 58.1. The summed E-state index contributed by atoms with van der Waals surface area (Å²) in [5, 5.41) is 26.8. The lowest BCUT2D eigenvalue weighted by molar-refractivity contribution is -0.134. The van der Waals surface area contributed by atoms with Crippen molar-refractivity contribution in [2.24, 2.45) is 5.73 Å². The van der Waals surface area contributed by atoms with E-state index in [1.807, 2.05) is 0 Å². The van der Waals surface area contributed by atoms with E-state index in [0.717, 1.165) is 28.8 Å². The van der Waals surface area contributed by atoms with Crippen molar-refractivity contribution in [3.05, 3.63) is 97.3 Å². The van der Waals surface area contributed by atoms with E-state index >= 15 is 0 Å². The number of thioether (sulfide) groups is 1. The molecule has 3 N–H and O–H groups in total. The van der Waals surface area contributed by atoms with Gasteiger partial charge < -0.3 is 15.5 Å². The van der Waals surface area contributed by atoms with Gasteiger partial charge in [0.25, 0.3) is 5.56 Å². The molecule has 3 rings (SSSR count). The van der Waals surface area contributed by atoms with Gasteiger partial charge in [-0.25, -0.2) is 22.4 Å². The van der Waals surface area contributed by atoms with Gasteiger partial charge in [0.1, 0.15) is 40.8 Å². The number of benzene rings is 2. The SMILES string of the molecule is COC(=O)/C=C(\C)N.Cc1cc(=O)n(-c2cc(F)c(C#N)cc2F)c(=S)[nH]1.N#CSc1cc(F)c(C#N)cc1F. The molecule has 0 atom stereocenters. The number of aryl methyl sites for hydroxylation is 1. The summed E-state index contributed by atoms with van der Waals surface area (Å²) in [5.74, 6) is -3.81. The lowest BCUT2D eigenvalue weighted by Crippen LogP contribution is -2.21. The molecule has 0 unspecified atom stereocenters. The van der Waals surface area contributed by atoms with Gasteiger partial charge in [0.15, 0.2) is 4.77 Å². The van der Waals surface area contributed by atoms with Gasteiger partial charge in [-0.3, -0.25) is 9.36 Å². The van der Waals surface area contributed by atoms with Gasteiger partial charge in [-0.1, -0.05) is 0 Å². The minimum atomic E-state index is -0.916. The quantitative estimate of drug-likeness (QED) is 0.109. The lowest BCUT2D eigenvalue weighted by Gasteiger charge is -2.08. The predicted octanol–water partition coefficient (Wildman–Crippen LogP) is 4.78. The highest BCUT2D eigenvalue weighted by molar-refractivity contribution is 8.03. The number of thiocyanates is 1. The van der Waals surface area contributed by atoms with Gasteiger partial charge in [0, 0.05) is 29.6 Å². The maximum atomic E-state index is 13.8. The molecule has 0 saturated heterocycles. The molecule has 1 aromatic heterocycles. The fourth-order valence-electron chi connectivity index (χ4n) is 2.62. The first-order chi connectivity index (χ1) is 18.8. The Morgan fingerprint density at radius 3 is 2.02 bits per heavy atom. The third kappa shape index (κ3) is 9.44. The molecule has 206 valence electrons. The minimum absolute atomic E-state index is 0.0481. The fraction of sp³-hybridized carbons (Fsp3) is 0.120. The van der Waals surface area contributed by atoms with E-state index in [1.54, 1.807) is 19.2 Å². The number of aromatic nitrogens is 2. The first kappa shape index (κ1) is 33.1. The number of aromatic amines is 1. The van der Waals surface area contributed by atoms with Crippen LogP contribution < -0.4 is 11.3 Å². The summed E-state index contributed by atoms with van der Waals surface area (Å²) in [5.41, 5.74) is 4.39. The van der Waals surface area contributed by atoms with E-state index in [2.05, 4.69) is 9.72 Å². The second kappa shape index (κ2) is 15.5. The highest BCUT2D eigenvalue weighted by Gasteiger charge is 2.14. The van der Waals surface area contributed by atoms with E-state index in [0.29, 0.717) is 23.2 Å². The zero-order valence-electron chi connectivity index (χ0n) is 20.9. The molecule has 2 aromatic carbocycles. The molecule has 0 aliphatic carbocycles. The Kier molecular flexibility index (Phi) is 12.8. The molecule has 1 heterocycles. The van der Waals surface area contributed by atoms with Crippen LogP contribution in [0, 0.1) is 68.3 Å². The van der Waals surface area contributed by atoms with Gasteiger partial charge in [-0.05, 0) is 56.0 Å². The second-order valence-electron chi connectivity index (χ2n) is 7.31. The van der Waals surface area contributed by atoms with Crippen LogP contribution >= 0.6 is 24.0 Å². The van der Waals surface area contributed by atoms with Gasteiger partial charge in [-0.2, -0.15) is 15.8 Å². The van der Waals surface area contributed by atoms with Gasteiger partial charge >= 0.3 is 5.97 Å². The molecule has 3 aromatic rings.